The lowest BCUT2D eigenvalue weighted by molar-refractivity contribution is -0.144. The Labute approximate surface area is 232 Å². The lowest BCUT2D eigenvalue weighted by atomic mass is 9.88. The zero-order valence-electron chi connectivity index (χ0n) is 20.9. The summed E-state index contributed by atoms with van der Waals surface area (Å²) in [5.74, 6) is 0.806. The molecule has 3 aromatic carbocycles. The van der Waals surface area contributed by atoms with Crippen LogP contribution in [0.3, 0.4) is 0 Å². The van der Waals surface area contributed by atoms with E-state index in [-0.39, 0.29) is 5.92 Å². The number of aliphatic carboxylic acids is 1. The minimum Gasteiger partial charge on any atom is -0.496 e. The molecule has 0 spiro atoms. The third kappa shape index (κ3) is 7.05. The number of nitrogens with zero attached hydrogens (tertiary/aromatic N) is 1. The molecule has 0 aromatic heterocycles. The molecule has 1 aliphatic rings. The summed E-state index contributed by atoms with van der Waals surface area (Å²) in [4.78, 5) is 14.2. The molecule has 2 unspecified atom stereocenters. The van der Waals surface area contributed by atoms with Gasteiger partial charge in [0.2, 0.25) is 0 Å². The molecule has 37 heavy (non-hydrogen) atoms. The number of ether oxygens (including phenoxy) is 3. The van der Waals surface area contributed by atoms with Crippen LogP contribution in [0.5, 0.6) is 11.5 Å². The highest BCUT2D eigenvalue weighted by atomic mass is 127. The van der Waals surface area contributed by atoms with Crippen molar-refractivity contribution < 1.29 is 24.1 Å². The molecule has 0 saturated carbocycles. The Balaban J connectivity index is 1.27. The monoisotopic (exact) mass is 613 g/mol. The average Bonchev–Trinajstić information content (AvgIpc) is 2.93. The van der Waals surface area contributed by atoms with Gasteiger partial charge in [-0.05, 0) is 58.1 Å². The number of hydrogen-bond acceptors (Lipinski definition) is 5. The predicted molar refractivity (Wildman–Crippen MR) is 152 cm³/mol. The molecule has 7 heteroatoms. The number of benzene rings is 3. The van der Waals surface area contributed by atoms with Crippen molar-refractivity contribution >= 4 is 28.6 Å². The van der Waals surface area contributed by atoms with Crippen LogP contribution in [0.2, 0.25) is 0 Å². The Kier molecular flexibility index (Phi) is 9.46. The summed E-state index contributed by atoms with van der Waals surface area (Å²) in [6, 6.07) is 25.7. The Morgan fingerprint density at radius 1 is 1.03 bits per heavy atom. The van der Waals surface area contributed by atoms with E-state index < -0.39 is 9.51 Å². The molecule has 1 aliphatic heterocycles. The van der Waals surface area contributed by atoms with Gasteiger partial charge in [-0.1, -0.05) is 66.7 Å². The molecule has 2 atom stereocenters. The van der Waals surface area contributed by atoms with E-state index in [1.165, 1.54) is 0 Å². The van der Waals surface area contributed by atoms with Gasteiger partial charge in [-0.15, -0.1) is 0 Å². The molecule has 0 amide bonds. The standard InChI is InChI=1S/C30H32INO5/c1-35-28-11-6-5-10-26(28)22-36-18-7-19-37-27-14-12-24(13-15-27)25-16-17-32(30(31,20-25)29(33)34)21-23-8-3-2-4-9-23/h2-6,8-17,25H,7,18-22H2,1H3,(H,33,34). The molecule has 0 aliphatic carbocycles. The normalized spacial score (nSPS) is 19.0. The molecule has 0 radical (unpaired) electrons. The van der Waals surface area contributed by atoms with Gasteiger partial charge in [-0.3, -0.25) is 0 Å². The number of rotatable bonds is 12. The van der Waals surface area contributed by atoms with Crippen molar-refractivity contribution in [1.82, 2.24) is 4.90 Å². The number of carbonyl (C=O) groups is 1. The van der Waals surface area contributed by atoms with Gasteiger partial charge >= 0.3 is 5.97 Å². The van der Waals surface area contributed by atoms with Crippen molar-refractivity contribution in [2.75, 3.05) is 20.3 Å². The van der Waals surface area contributed by atoms with Crippen LogP contribution in [-0.4, -0.2) is 39.8 Å². The van der Waals surface area contributed by atoms with Gasteiger partial charge in [0.1, 0.15) is 11.5 Å². The maximum Gasteiger partial charge on any atom is 0.339 e. The molecule has 194 valence electrons. The second-order valence-corrected chi connectivity index (χ2v) is 10.8. The summed E-state index contributed by atoms with van der Waals surface area (Å²) in [5, 5.41) is 10.1. The van der Waals surface area contributed by atoms with Crippen LogP contribution >= 0.6 is 22.6 Å². The third-order valence-electron chi connectivity index (χ3n) is 6.43. The first kappa shape index (κ1) is 27.0. The number of carboxylic acids is 1. The highest BCUT2D eigenvalue weighted by molar-refractivity contribution is 14.1. The smallest absolute Gasteiger partial charge is 0.339 e. The van der Waals surface area contributed by atoms with Gasteiger partial charge in [-0.2, -0.15) is 0 Å². The molecule has 1 heterocycles. The first-order valence-corrected chi connectivity index (χ1v) is 13.4. The minimum absolute atomic E-state index is 0.0115. The van der Waals surface area contributed by atoms with Crippen LogP contribution in [0, 0.1) is 0 Å². The van der Waals surface area contributed by atoms with E-state index in [2.05, 4.69) is 28.7 Å². The van der Waals surface area contributed by atoms with Crippen LogP contribution in [0.25, 0.3) is 0 Å². The van der Waals surface area contributed by atoms with E-state index in [4.69, 9.17) is 14.2 Å². The van der Waals surface area contributed by atoms with E-state index in [0.717, 1.165) is 34.6 Å². The first-order valence-electron chi connectivity index (χ1n) is 12.3. The van der Waals surface area contributed by atoms with Crippen LogP contribution < -0.4 is 9.47 Å². The van der Waals surface area contributed by atoms with Crippen LogP contribution in [0.15, 0.2) is 91.1 Å². The highest BCUT2D eigenvalue weighted by Gasteiger charge is 2.44. The maximum absolute atomic E-state index is 12.3. The molecule has 0 bridgehead atoms. The highest BCUT2D eigenvalue weighted by Crippen LogP contribution is 2.41. The molecule has 4 rings (SSSR count). The minimum atomic E-state index is -1.02. The Morgan fingerprint density at radius 3 is 2.49 bits per heavy atom. The quantitative estimate of drug-likeness (QED) is 0.110. The largest absolute Gasteiger partial charge is 0.496 e. The van der Waals surface area contributed by atoms with E-state index in [9.17, 15) is 9.90 Å². The molecule has 0 fully saturated rings. The van der Waals surface area contributed by atoms with Crippen molar-refractivity contribution in [3.8, 4) is 11.5 Å². The number of carboxylic acid groups (broad SMARTS) is 1. The predicted octanol–water partition coefficient (Wildman–Crippen LogP) is 6.40. The van der Waals surface area contributed by atoms with Crippen LogP contribution in [-0.2, 0) is 22.7 Å². The fourth-order valence-corrected chi connectivity index (χ4v) is 5.17. The van der Waals surface area contributed by atoms with E-state index >= 15 is 0 Å². The van der Waals surface area contributed by atoms with Crippen molar-refractivity contribution in [2.24, 2.45) is 0 Å². The van der Waals surface area contributed by atoms with Crippen molar-refractivity contribution in [3.63, 3.8) is 0 Å². The maximum atomic E-state index is 12.3. The van der Waals surface area contributed by atoms with Gasteiger partial charge in [0.05, 0.1) is 26.9 Å². The Hall–Kier alpha value is -3.04. The van der Waals surface area contributed by atoms with Crippen molar-refractivity contribution in [1.29, 1.82) is 0 Å². The topological polar surface area (TPSA) is 68.2 Å². The number of hydrogen-bond donors (Lipinski definition) is 1. The number of para-hydroxylation sites is 1. The lowest BCUT2D eigenvalue weighted by Gasteiger charge is -2.41. The molecular formula is C30H32INO5. The van der Waals surface area contributed by atoms with Crippen LogP contribution in [0.1, 0.15) is 35.4 Å². The number of halogens is 1. The molecular weight excluding hydrogens is 581 g/mol. The molecule has 3 aromatic rings. The SMILES string of the molecule is COc1ccccc1COCCCOc1ccc(C2C=CN(Cc3ccccc3)C(I)(C(=O)O)C2)cc1. The fraction of sp³-hybridized carbons (Fsp3) is 0.300. The van der Waals surface area contributed by atoms with E-state index in [1.54, 1.807) is 7.11 Å². The van der Waals surface area contributed by atoms with Gasteiger partial charge in [-0.25, -0.2) is 4.79 Å². The van der Waals surface area contributed by atoms with Gasteiger partial charge in [0.15, 0.2) is 3.55 Å². The van der Waals surface area contributed by atoms with Gasteiger partial charge < -0.3 is 24.2 Å². The zero-order chi connectivity index (χ0) is 26.1. The lowest BCUT2D eigenvalue weighted by Crippen LogP contribution is -2.49. The fourth-order valence-electron chi connectivity index (χ4n) is 4.37. The van der Waals surface area contributed by atoms with Crippen molar-refractivity contribution in [3.05, 3.63) is 108 Å². The Bertz CT molecular complexity index is 1180. The van der Waals surface area contributed by atoms with Crippen LogP contribution in [0.4, 0.5) is 0 Å². The number of allylic oxidation sites excluding steroid dienone is 1. The summed E-state index contributed by atoms with van der Waals surface area (Å²) in [6.45, 7) is 2.20. The molecule has 0 saturated heterocycles. The second kappa shape index (κ2) is 13.0. The molecule has 6 nitrogen and oxygen atoms in total. The number of methoxy groups -OCH3 is 1. The third-order valence-corrected chi connectivity index (χ3v) is 7.95. The second-order valence-electron chi connectivity index (χ2n) is 8.97. The summed E-state index contributed by atoms with van der Waals surface area (Å²) in [5.41, 5.74) is 3.19. The number of alkyl halides is 1. The molecule has 1 N–H and O–H groups in total. The first-order chi connectivity index (χ1) is 18.0. The zero-order valence-corrected chi connectivity index (χ0v) is 23.0. The average molecular weight is 613 g/mol. The summed E-state index contributed by atoms with van der Waals surface area (Å²) < 4.78 is 16.0. The van der Waals surface area contributed by atoms with E-state index in [0.29, 0.717) is 32.8 Å². The summed E-state index contributed by atoms with van der Waals surface area (Å²) in [6.07, 6.45) is 5.28. The van der Waals surface area contributed by atoms with Crippen molar-refractivity contribution in [2.45, 2.75) is 35.5 Å². The Morgan fingerprint density at radius 2 is 1.76 bits per heavy atom. The van der Waals surface area contributed by atoms with Gasteiger partial charge in [0, 0.05) is 30.9 Å². The van der Waals surface area contributed by atoms with Gasteiger partial charge in [0.25, 0.3) is 0 Å². The summed E-state index contributed by atoms with van der Waals surface area (Å²) in [7, 11) is 1.66. The summed E-state index contributed by atoms with van der Waals surface area (Å²) >= 11 is 2.09. The van der Waals surface area contributed by atoms with E-state index in [1.807, 2.05) is 90.0 Å².